The first-order chi connectivity index (χ1) is 8.60. The maximum atomic E-state index is 11.4. The van der Waals surface area contributed by atoms with Crippen LogP contribution in [-0.2, 0) is 14.3 Å². The van der Waals surface area contributed by atoms with Crippen molar-refractivity contribution in [1.29, 1.82) is 0 Å². The van der Waals surface area contributed by atoms with Crippen LogP contribution in [0.1, 0.15) is 48.0 Å². The number of nitrogens with one attached hydrogen (secondary N) is 1. The van der Waals surface area contributed by atoms with Gasteiger partial charge in [-0.15, -0.1) is 0 Å². The molecule has 4 nitrogen and oxygen atoms in total. The van der Waals surface area contributed by atoms with Gasteiger partial charge in [-0.05, 0) is 17.3 Å². The lowest BCUT2D eigenvalue weighted by Crippen LogP contribution is -2.34. The van der Waals surface area contributed by atoms with Crippen molar-refractivity contribution in [3.8, 4) is 0 Å². The first-order valence-corrected chi connectivity index (χ1v) is 7.02. The number of carbonyl (C=O) groups excluding carboxylic acids is 1. The highest BCUT2D eigenvalue weighted by Gasteiger charge is 2.12. The topological polar surface area (TPSA) is 47.6 Å². The van der Waals surface area contributed by atoms with Crippen LogP contribution in [0.4, 0.5) is 0 Å². The zero-order valence-electron chi connectivity index (χ0n) is 13.5. The average Bonchev–Trinajstić information content (AvgIpc) is 2.22. The number of hydrogen-bond acceptors (Lipinski definition) is 3. The lowest BCUT2D eigenvalue weighted by Gasteiger charge is -2.19. The van der Waals surface area contributed by atoms with Gasteiger partial charge in [-0.2, -0.15) is 0 Å². The molecule has 0 radical (unpaired) electrons. The third-order valence-electron chi connectivity index (χ3n) is 2.42. The third-order valence-corrected chi connectivity index (χ3v) is 2.42. The molecule has 1 N–H and O–H groups in total. The van der Waals surface area contributed by atoms with Gasteiger partial charge in [-0.1, -0.05) is 41.5 Å². The third kappa shape index (κ3) is 15.3. The zero-order chi connectivity index (χ0) is 14.9. The van der Waals surface area contributed by atoms with Crippen LogP contribution in [0.3, 0.4) is 0 Å². The Bertz CT molecular complexity index is 251. The van der Waals surface area contributed by atoms with Crippen LogP contribution in [-0.4, -0.2) is 38.9 Å². The molecule has 0 fully saturated rings. The smallest absolute Gasteiger partial charge is 0.246 e. The Morgan fingerprint density at radius 1 is 0.895 bits per heavy atom. The van der Waals surface area contributed by atoms with E-state index in [2.05, 4.69) is 46.9 Å². The Balaban J connectivity index is 3.37. The van der Waals surface area contributed by atoms with E-state index in [-0.39, 0.29) is 17.9 Å². The largest absolute Gasteiger partial charge is 0.379 e. The van der Waals surface area contributed by atoms with Crippen LogP contribution >= 0.6 is 0 Å². The number of hydrogen-bond donors (Lipinski definition) is 1. The number of ether oxygens (including phenoxy) is 2. The molecule has 0 aliphatic heterocycles. The van der Waals surface area contributed by atoms with Gasteiger partial charge in [0.1, 0.15) is 6.61 Å². The number of carbonyl (C=O) groups is 1. The summed E-state index contributed by atoms with van der Waals surface area (Å²) in [6, 6.07) is 0. The molecule has 0 atom stereocenters. The Morgan fingerprint density at radius 3 is 2.00 bits per heavy atom. The number of amides is 1. The molecule has 4 heteroatoms. The fourth-order valence-corrected chi connectivity index (χ4v) is 1.18. The van der Waals surface area contributed by atoms with Crippen LogP contribution in [0.2, 0.25) is 0 Å². The Hall–Kier alpha value is -0.610. The fraction of sp³-hybridized carbons (Fsp3) is 0.933. The molecule has 0 heterocycles. The van der Waals surface area contributed by atoms with Crippen LogP contribution in [0.5, 0.6) is 0 Å². The first-order valence-electron chi connectivity index (χ1n) is 7.02. The molecule has 0 aromatic heterocycles. The molecule has 0 aromatic carbocycles. The highest BCUT2D eigenvalue weighted by atomic mass is 16.5. The summed E-state index contributed by atoms with van der Waals surface area (Å²) in [5.74, 6) is -0.0652. The van der Waals surface area contributed by atoms with E-state index in [4.69, 9.17) is 9.47 Å². The molecule has 0 saturated carbocycles. The molecular weight excluding hydrogens is 242 g/mol. The molecule has 0 aromatic rings. The van der Waals surface area contributed by atoms with Crippen molar-refractivity contribution in [3.63, 3.8) is 0 Å². The quantitative estimate of drug-likeness (QED) is 0.692. The van der Waals surface area contributed by atoms with E-state index < -0.39 is 0 Å². The minimum Gasteiger partial charge on any atom is -0.379 e. The van der Waals surface area contributed by atoms with Crippen molar-refractivity contribution >= 4 is 5.91 Å². The predicted octanol–water partition coefficient (Wildman–Crippen LogP) is 2.62. The molecule has 114 valence electrons. The molecule has 0 bridgehead atoms. The minimum absolute atomic E-state index is 0.0652. The van der Waals surface area contributed by atoms with Crippen molar-refractivity contribution in [2.45, 2.75) is 48.0 Å². The van der Waals surface area contributed by atoms with Gasteiger partial charge in [0.05, 0.1) is 13.2 Å². The van der Waals surface area contributed by atoms with Gasteiger partial charge in [-0.25, -0.2) is 0 Å². The van der Waals surface area contributed by atoms with Crippen molar-refractivity contribution in [2.24, 2.45) is 10.8 Å². The molecule has 0 saturated heterocycles. The van der Waals surface area contributed by atoms with Gasteiger partial charge >= 0.3 is 0 Å². The summed E-state index contributed by atoms with van der Waals surface area (Å²) in [6.45, 7) is 15.3. The Morgan fingerprint density at radius 2 is 1.47 bits per heavy atom. The molecular formula is C15H31NO3. The maximum absolute atomic E-state index is 11.4. The van der Waals surface area contributed by atoms with Gasteiger partial charge < -0.3 is 14.8 Å². The Labute approximate surface area is 118 Å². The molecule has 1 amide bonds. The van der Waals surface area contributed by atoms with Crippen molar-refractivity contribution < 1.29 is 14.3 Å². The van der Waals surface area contributed by atoms with Crippen molar-refractivity contribution in [2.75, 3.05) is 33.0 Å². The normalized spacial score (nSPS) is 12.5. The van der Waals surface area contributed by atoms with E-state index in [9.17, 15) is 4.79 Å². The lowest BCUT2D eigenvalue weighted by molar-refractivity contribution is -0.126. The Kier molecular flexibility index (Phi) is 8.26. The van der Waals surface area contributed by atoms with E-state index in [1.807, 2.05) is 0 Å². The SMILES string of the molecule is CC(C)(C)CCOCCOCC(=O)NCC(C)(C)C. The molecule has 0 rings (SSSR count). The summed E-state index contributed by atoms with van der Waals surface area (Å²) in [5.41, 5.74) is 0.402. The summed E-state index contributed by atoms with van der Waals surface area (Å²) < 4.78 is 10.7. The van der Waals surface area contributed by atoms with Crippen LogP contribution in [0.25, 0.3) is 0 Å². The lowest BCUT2D eigenvalue weighted by atomic mass is 9.93. The van der Waals surface area contributed by atoms with E-state index in [0.717, 1.165) is 13.0 Å². The van der Waals surface area contributed by atoms with Crippen LogP contribution in [0, 0.1) is 10.8 Å². The fourth-order valence-electron chi connectivity index (χ4n) is 1.18. The predicted molar refractivity (Wildman–Crippen MR) is 78.2 cm³/mol. The summed E-state index contributed by atoms with van der Waals surface area (Å²) in [4.78, 5) is 11.4. The van der Waals surface area contributed by atoms with Crippen molar-refractivity contribution in [1.82, 2.24) is 5.32 Å². The standard InChI is InChI=1S/C15H31NO3/c1-14(2,3)7-8-18-9-10-19-11-13(17)16-12-15(4,5)6/h7-12H2,1-6H3,(H,16,17). The molecule has 19 heavy (non-hydrogen) atoms. The monoisotopic (exact) mass is 273 g/mol. The summed E-state index contributed by atoms with van der Waals surface area (Å²) in [5, 5.41) is 2.84. The van der Waals surface area contributed by atoms with E-state index in [0.29, 0.717) is 25.2 Å². The summed E-state index contributed by atoms with van der Waals surface area (Å²) in [6.07, 6.45) is 1.03. The van der Waals surface area contributed by atoms with Gasteiger partial charge in [0.15, 0.2) is 0 Å². The minimum atomic E-state index is -0.0652. The van der Waals surface area contributed by atoms with E-state index >= 15 is 0 Å². The van der Waals surface area contributed by atoms with E-state index in [1.165, 1.54) is 0 Å². The molecule has 0 spiro atoms. The van der Waals surface area contributed by atoms with E-state index in [1.54, 1.807) is 0 Å². The molecule has 0 aliphatic carbocycles. The second kappa shape index (κ2) is 8.54. The first kappa shape index (κ1) is 18.4. The highest BCUT2D eigenvalue weighted by Crippen LogP contribution is 2.17. The summed E-state index contributed by atoms with van der Waals surface area (Å²) in [7, 11) is 0. The van der Waals surface area contributed by atoms with Crippen LogP contribution in [0.15, 0.2) is 0 Å². The molecule has 0 unspecified atom stereocenters. The van der Waals surface area contributed by atoms with Gasteiger partial charge in [0.2, 0.25) is 5.91 Å². The second-order valence-corrected chi connectivity index (χ2v) is 7.31. The summed E-state index contributed by atoms with van der Waals surface area (Å²) >= 11 is 0. The van der Waals surface area contributed by atoms with Crippen molar-refractivity contribution in [3.05, 3.63) is 0 Å². The maximum Gasteiger partial charge on any atom is 0.246 e. The van der Waals surface area contributed by atoms with Gasteiger partial charge in [0.25, 0.3) is 0 Å². The zero-order valence-corrected chi connectivity index (χ0v) is 13.5. The molecule has 0 aliphatic rings. The van der Waals surface area contributed by atoms with Gasteiger partial charge in [-0.3, -0.25) is 4.79 Å². The number of rotatable bonds is 8. The highest BCUT2D eigenvalue weighted by molar-refractivity contribution is 5.77. The van der Waals surface area contributed by atoms with Gasteiger partial charge in [0, 0.05) is 13.2 Å². The average molecular weight is 273 g/mol. The second-order valence-electron chi connectivity index (χ2n) is 7.31. The van der Waals surface area contributed by atoms with Crippen LogP contribution < -0.4 is 5.32 Å².